The molecule has 0 unspecified atom stereocenters. The lowest BCUT2D eigenvalue weighted by molar-refractivity contribution is -0.384. The molecule has 0 spiro atoms. The van der Waals surface area contributed by atoms with Crippen LogP contribution in [0.25, 0.3) is 5.70 Å². The van der Waals surface area contributed by atoms with E-state index < -0.39 is 4.92 Å². The summed E-state index contributed by atoms with van der Waals surface area (Å²) in [6, 6.07) is 13.7. The SMILES string of the molecule is C=C(NNC(=O)CNc1cccc(C)c1)c1cccc([N+](=O)[O-])c1. The highest BCUT2D eigenvalue weighted by atomic mass is 16.6. The fraction of sp³-hybridized carbons (Fsp3) is 0.118. The summed E-state index contributed by atoms with van der Waals surface area (Å²) >= 11 is 0. The summed E-state index contributed by atoms with van der Waals surface area (Å²) in [7, 11) is 0. The number of rotatable bonds is 7. The number of nitro groups is 1. The molecule has 0 aliphatic rings. The molecule has 2 rings (SSSR count). The van der Waals surface area contributed by atoms with Gasteiger partial charge in [0, 0.05) is 23.4 Å². The number of aryl methyl sites for hydroxylation is 1. The number of carbonyl (C=O) groups is 1. The van der Waals surface area contributed by atoms with E-state index in [9.17, 15) is 14.9 Å². The summed E-state index contributed by atoms with van der Waals surface area (Å²) in [6.07, 6.45) is 0. The van der Waals surface area contributed by atoms with Crippen LogP contribution in [0.1, 0.15) is 11.1 Å². The number of hydrogen-bond donors (Lipinski definition) is 3. The Balaban J connectivity index is 1.84. The predicted octanol–water partition coefficient (Wildman–Crippen LogP) is 2.61. The van der Waals surface area contributed by atoms with Gasteiger partial charge in [-0.25, -0.2) is 0 Å². The third-order valence-corrected chi connectivity index (χ3v) is 3.23. The molecule has 2 aromatic rings. The van der Waals surface area contributed by atoms with Gasteiger partial charge in [0.25, 0.3) is 11.6 Å². The van der Waals surface area contributed by atoms with E-state index in [0.29, 0.717) is 11.3 Å². The van der Waals surface area contributed by atoms with Gasteiger partial charge in [-0.15, -0.1) is 0 Å². The lowest BCUT2D eigenvalue weighted by Crippen LogP contribution is -2.39. The van der Waals surface area contributed by atoms with Crippen LogP contribution in [-0.2, 0) is 4.79 Å². The van der Waals surface area contributed by atoms with Gasteiger partial charge in [0.15, 0.2) is 0 Å². The molecule has 0 aliphatic carbocycles. The smallest absolute Gasteiger partial charge is 0.270 e. The zero-order valence-corrected chi connectivity index (χ0v) is 13.2. The van der Waals surface area contributed by atoms with E-state index in [1.807, 2.05) is 31.2 Å². The number of non-ortho nitro benzene ring substituents is 1. The second-order valence-corrected chi connectivity index (χ2v) is 5.18. The molecule has 0 atom stereocenters. The van der Waals surface area contributed by atoms with Gasteiger partial charge in [-0.2, -0.15) is 0 Å². The van der Waals surface area contributed by atoms with Crippen molar-refractivity contribution in [2.45, 2.75) is 6.92 Å². The van der Waals surface area contributed by atoms with Crippen molar-refractivity contribution in [3.05, 3.63) is 76.4 Å². The predicted molar refractivity (Wildman–Crippen MR) is 93.1 cm³/mol. The molecule has 0 saturated carbocycles. The summed E-state index contributed by atoms with van der Waals surface area (Å²) in [5, 5.41) is 13.8. The highest BCUT2D eigenvalue weighted by Gasteiger charge is 2.08. The summed E-state index contributed by atoms with van der Waals surface area (Å²) in [5.74, 6) is -0.289. The maximum atomic E-state index is 11.8. The highest BCUT2D eigenvalue weighted by Crippen LogP contribution is 2.17. The van der Waals surface area contributed by atoms with Crippen LogP contribution in [0.5, 0.6) is 0 Å². The van der Waals surface area contributed by atoms with Gasteiger partial charge < -0.3 is 5.32 Å². The van der Waals surface area contributed by atoms with Crippen LogP contribution in [0, 0.1) is 17.0 Å². The maximum Gasteiger partial charge on any atom is 0.270 e. The number of hydrazine groups is 1. The Morgan fingerprint density at radius 3 is 2.62 bits per heavy atom. The largest absolute Gasteiger partial charge is 0.376 e. The lowest BCUT2D eigenvalue weighted by atomic mass is 10.1. The van der Waals surface area contributed by atoms with Crippen molar-refractivity contribution in [1.82, 2.24) is 10.9 Å². The van der Waals surface area contributed by atoms with Crippen molar-refractivity contribution >= 4 is 23.0 Å². The molecule has 0 aromatic heterocycles. The Morgan fingerprint density at radius 1 is 1.17 bits per heavy atom. The van der Waals surface area contributed by atoms with Gasteiger partial charge in [-0.05, 0) is 24.6 Å². The molecule has 124 valence electrons. The lowest BCUT2D eigenvalue weighted by Gasteiger charge is -2.12. The van der Waals surface area contributed by atoms with Crippen LogP contribution < -0.4 is 16.2 Å². The number of nitrogens with one attached hydrogen (secondary N) is 3. The van der Waals surface area contributed by atoms with Crippen molar-refractivity contribution in [1.29, 1.82) is 0 Å². The molecule has 0 fully saturated rings. The normalized spacial score (nSPS) is 9.88. The Bertz CT molecular complexity index is 774. The average Bonchev–Trinajstić information content (AvgIpc) is 2.58. The Morgan fingerprint density at radius 2 is 1.92 bits per heavy atom. The standard InChI is InChI=1S/C17H18N4O3/c1-12-5-3-7-15(9-12)18-11-17(22)20-19-13(2)14-6-4-8-16(10-14)21(23)24/h3-10,18-19H,2,11H2,1H3,(H,20,22). The number of benzene rings is 2. The van der Waals surface area contributed by atoms with E-state index >= 15 is 0 Å². The molecule has 0 bridgehead atoms. The van der Waals surface area contributed by atoms with E-state index in [-0.39, 0.29) is 18.1 Å². The summed E-state index contributed by atoms with van der Waals surface area (Å²) in [6.45, 7) is 5.81. The number of carbonyl (C=O) groups excluding carboxylic acids is 1. The summed E-state index contributed by atoms with van der Waals surface area (Å²) in [5.41, 5.74) is 7.94. The minimum atomic E-state index is -0.485. The third-order valence-electron chi connectivity index (χ3n) is 3.23. The van der Waals surface area contributed by atoms with Crippen LogP contribution in [0.15, 0.2) is 55.1 Å². The van der Waals surface area contributed by atoms with Gasteiger partial charge in [0.05, 0.1) is 17.2 Å². The van der Waals surface area contributed by atoms with E-state index in [1.165, 1.54) is 12.1 Å². The quantitative estimate of drug-likeness (QED) is 0.537. The molecule has 0 radical (unpaired) electrons. The molecule has 3 N–H and O–H groups in total. The Kier molecular flexibility index (Phi) is 5.51. The first kappa shape index (κ1) is 17.0. The average molecular weight is 326 g/mol. The number of amides is 1. The Hall–Kier alpha value is -3.35. The van der Waals surface area contributed by atoms with Crippen molar-refractivity contribution in [2.24, 2.45) is 0 Å². The van der Waals surface area contributed by atoms with E-state index in [1.54, 1.807) is 12.1 Å². The van der Waals surface area contributed by atoms with Gasteiger partial charge in [-0.3, -0.25) is 25.8 Å². The van der Waals surface area contributed by atoms with E-state index in [4.69, 9.17) is 0 Å². The topological polar surface area (TPSA) is 96.3 Å². The van der Waals surface area contributed by atoms with Crippen molar-refractivity contribution in [3.8, 4) is 0 Å². The first-order valence-electron chi connectivity index (χ1n) is 7.25. The van der Waals surface area contributed by atoms with Crippen LogP contribution in [0.2, 0.25) is 0 Å². The van der Waals surface area contributed by atoms with Gasteiger partial charge in [-0.1, -0.05) is 30.8 Å². The third kappa shape index (κ3) is 4.84. The molecule has 0 aliphatic heterocycles. The Labute approximate surface area is 139 Å². The van der Waals surface area contributed by atoms with Crippen molar-refractivity contribution in [3.63, 3.8) is 0 Å². The maximum absolute atomic E-state index is 11.8. The number of nitro benzene ring substituents is 1. The van der Waals surface area contributed by atoms with Gasteiger partial charge in [0.2, 0.25) is 0 Å². The first-order chi connectivity index (χ1) is 11.5. The van der Waals surface area contributed by atoms with Crippen LogP contribution >= 0.6 is 0 Å². The highest BCUT2D eigenvalue weighted by molar-refractivity contribution is 5.81. The molecule has 0 saturated heterocycles. The fourth-order valence-corrected chi connectivity index (χ4v) is 2.01. The van der Waals surface area contributed by atoms with E-state index in [0.717, 1.165) is 11.3 Å². The molecule has 1 amide bonds. The van der Waals surface area contributed by atoms with Crippen LogP contribution in [0.4, 0.5) is 11.4 Å². The second kappa shape index (κ2) is 7.77. The molecule has 7 heteroatoms. The van der Waals surface area contributed by atoms with Gasteiger partial charge >= 0.3 is 0 Å². The zero-order chi connectivity index (χ0) is 17.5. The number of anilines is 1. The first-order valence-corrected chi connectivity index (χ1v) is 7.25. The monoisotopic (exact) mass is 326 g/mol. The minimum Gasteiger partial charge on any atom is -0.376 e. The van der Waals surface area contributed by atoms with Crippen molar-refractivity contribution in [2.75, 3.05) is 11.9 Å². The van der Waals surface area contributed by atoms with E-state index in [2.05, 4.69) is 22.7 Å². The number of nitrogens with zero attached hydrogens (tertiary/aromatic N) is 1. The molecule has 24 heavy (non-hydrogen) atoms. The molecule has 7 nitrogen and oxygen atoms in total. The molecule has 0 heterocycles. The second-order valence-electron chi connectivity index (χ2n) is 5.18. The molecule has 2 aromatic carbocycles. The van der Waals surface area contributed by atoms with Crippen LogP contribution in [-0.4, -0.2) is 17.4 Å². The van der Waals surface area contributed by atoms with Gasteiger partial charge in [0.1, 0.15) is 0 Å². The van der Waals surface area contributed by atoms with Crippen LogP contribution in [0.3, 0.4) is 0 Å². The summed E-state index contributed by atoms with van der Waals surface area (Å²) in [4.78, 5) is 22.1. The number of hydrogen-bond acceptors (Lipinski definition) is 5. The summed E-state index contributed by atoms with van der Waals surface area (Å²) < 4.78 is 0. The fourth-order valence-electron chi connectivity index (χ4n) is 2.01. The zero-order valence-electron chi connectivity index (χ0n) is 13.2. The molecular weight excluding hydrogens is 308 g/mol. The minimum absolute atomic E-state index is 0.0390. The van der Waals surface area contributed by atoms with Crippen molar-refractivity contribution < 1.29 is 9.72 Å². The molecular formula is C17H18N4O3.